The number of hydrogen-bond donors (Lipinski definition) is 3. The number of aryl methyl sites for hydroxylation is 1. The third-order valence-corrected chi connectivity index (χ3v) is 6.25. The van der Waals surface area contributed by atoms with Crippen LogP contribution < -0.4 is 5.32 Å². The van der Waals surface area contributed by atoms with E-state index in [9.17, 15) is 31.1 Å². The first kappa shape index (κ1) is 35.3. The standard InChI is InChI=1S/C22H32N6O.2C2HF3O2/c1-16(2)24-21-19(22(29)28-8-4-5-9-28)12-18-6-10-27(11-7-20(18)25-21)15-17-13-23-26(3)14-17;2*3-2(4,5)1(6)7/h12-14,16H,4-11,15H2,1-3H3,(H,24,25);2*(H,6,7). The Morgan fingerprint density at radius 2 is 1.49 bits per heavy atom. The minimum Gasteiger partial charge on any atom is -0.475 e. The lowest BCUT2D eigenvalue weighted by Gasteiger charge is -2.21. The molecule has 17 heteroatoms. The summed E-state index contributed by atoms with van der Waals surface area (Å²) >= 11 is 0. The number of pyridine rings is 1. The molecule has 0 bridgehead atoms. The number of hydrogen-bond acceptors (Lipinski definition) is 7. The van der Waals surface area contributed by atoms with Crippen LogP contribution in [0.1, 0.15) is 53.9 Å². The number of carbonyl (C=O) groups is 3. The normalized spacial score (nSPS) is 15.4. The second-order valence-electron chi connectivity index (χ2n) is 10.2. The average molecular weight is 625 g/mol. The molecule has 2 aliphatic heterocycles. The summed E-state index contributed by atoms with van der Waals surface area (Å²) in [6, 6.07) is 2.35. The molecule has 4 heterocycles. The highest BCUT2D eigenvalue weighted by Crippen LogP contribution is 2.25. The van der Waals surface area contributed by atoms with E-state index in [1.807, 2.05) is 22.8 Å². The largest absolute Gasteiger partial charge is 0.490 e. The number of aliphatic carboxylic acids is 2. The Morgan fingerprint density at radius 1 is 0.953 bits per heavy atom. The third kappa shape index (κ3) is 11.4. The monoisotopic (exact) mass is 624 g/mol. The molecule has 0 aromatic carbocycles. The van der Waals surface area contributed by atoms with Crippen molar-refractivity contribution in [2.75, 3.05) is 31.5 Å². The summed E-state index contributed by atoms with van der Waals surface area (Å²) < 4.78 is 65.3. The van der Waals surface area contributed by atoms with E-state index in [0.717, 1.165) is 75.5 Å². The van der Waals surface area contributed by atoms with E-state index < -0.39 is 24.3 Å². The van der Waals surface area contributed by atoms with Gasteiger partial charge in [0.2, 0.25) is 0 Å². The van der Waals surface area contributed by atoms with Gasteiger partial charge in [-0.1, -0.05) is 0 Å². The summed E-state index contributed by atoms with van der Waals surface area (Å²) in [4.78, 5) is 40.3. The molecule has 240 valence electrons. The van der Waals surface area contributed by atoms with Crippen molar-refractivity contribution >= 4 is 23.7 Å². The van der Waals surface area contributed by atoms with Crippen molar-refractivity contribution in [1.29, 1.82) is 0 Å². The maximum atomic E-state index is 13.2. The van der Waals surface area contributed by atoms with E-state index in [1.54, 1.807) is 0 Å². The number of nitrogens with zero attached hydrogens (tertiary/aromatic N) is 5. The van der Waals surface area contributed by atoms with Gasteiger partial charge in [0.25, 0.3) is 5.91 Å². The fourth-order valence-electron chi connectivity index (χ4n) is 4.29. The SMILES string of the molecule is CC(C)Nc1nc2c(cc1C(=O)N1CCCC1)CCN(Cc1cnn(C)c1)CC2.O=C(O)C(F)(F)F.O=C(O)C(F)(F)F. The number of fused-ring (bicyclic) bond motifs is 1. The number of anilines is 1. The molecule has 1 saturated heterocycles. The second-order valence-corrected chi connectivity index (χ2v) is 10.2. The van der Waals surface area contributed by atoms with Crippen LogP contribution in [0.25, 0.3) is 0 Å². The van der Waals surface area contributed by atoms with Gasteiger partial charge in [0.15, 0.2) is 0 Å². The smallest absolute Gasteiger partial charge is 0.475 e. The maximum absolute atomic E-state index is 13.2. The molecule has 2 aromatic rings. The van der Waals surface area contributed by atoms with Crippen molar-refractivity contribution in [3.05, 3.63) is 40.8 Å². The number of rotatable bonds is 5. The zero-order valence-electron chi connectivity index (χ0n) is 23.8. The fraction of sp³-hybridized carbons (Fsp3) is 0.577. The van der Waals surface area contributed by atoms with Gasteiger partial charge < -0.3 is 20.4 Å². The van der Waals surface area contributed by atoms with Crippen LogP contribution in [0.4, 0.5) is 32.2 Å². The quantitative estimate of drug-likeness (QED) is 0.425. The Balaban J connectivity index is 0.000000384. The Bertz CT molecular complexity index is 1230. The lowest BCUT2D eigenvalue weighted by atomic mass is 10.0. The first-order chi connectivity index (χ1) is 19.9. The predicted octanol–water partition coefficient (Wildman–Crippen LogP) is 3.74. The molecule has 4 rings (SSSR count). The zero-order valence-corrected chi connectivity index (χ0v) is 23.8. The third-order valence-electron chi connectivity index (χ3n) is 6.25. The molecular weight excluding hydrogens is 590 g/mol. The summed E-state index contributed by atoms with van der Waals surface area (Å²) in [7, 11) is 1.95. The molecule has 0 atom stereocenters. The van der Waals surface area contributed by atoms with E-state index in [4.69, 9.17) is 24.8 Å². The molecular formula is C26H34F6N6O5. The van der Waals surface area contributed by atoms with Crippen LogP contribution in [-0.2, 0) is 36.0 Å². The van der Waals surface area contributed by atoms with Crippen LogP contribution in [0, 0.1) is 0 Å². The van der Waals surface area contributed by atoms with Crippen LogP contribution in [0.15, 0.2) is 18.5 Å². The maximum Gasteiger partial charge on any atom is 0.490 e. The lowest BCUT2D eigenvalue weighted by molar-refractivity contribution is -0.193. The number of alkyl halides is 6. The Kier molecular flexibility index (Phi) is 12.3. The number of aromatic nitrogens is 3. The Labute approximate surface area is 243 Å². The molecule has 0 unspecified atom stereocenters. The van der Waals surface area contributed by atoms with Crippen molar-refractivity contribution in [3.63, 3.8) is 0 Å². The van der Waals surface area contributed by atoms with Gasteiger partial charge in [-0.15, -0.1) is 0 Å². The van der Waals surface area contributed by atoms with Crippen molar-refractivity contribution < 1.29 is 50.9 Å². The van der Waals surface area contributed by atoms with Gasteiger partial charge in [-0.3, -0.25) is 14.4 Å². The molecule has 1 fully saturated rings. The number of likely N-dealkylation sites (tertiary alicyclic amines) is 1. The minimum absolute atomic E-state index is 0.123. The molecule has 0 aliphatic carbocycles. The van der Waals surface area contributed by atoms with Crippen molar-refractivity contribution in [2.24, 2.45) is 7.05 Å². The van der Waals surface area contributed by atoms with Gasteiger partial charge in [-0.05, 0) is 44.7 Å². The first-order valence-corrected chi connectivity index (χ1v) is 13.3. The van der Waals surface area contributed by atoms with Gasteiger partial charge in [0.1, 0.15) is 5.82 Å². The summed E-state index contributed by atoms with van der Waals surface area (Å²) in [6.07, 6.45) is -2.13. The minimum atomic E-state index is -5.08. The van der Waals surface area contributed by atoms with Gasteiger partial charge in [0, 0.05) is 69.7 Å². The average Bonchev–Trinajstić information content (AvgIpc) is 3.53. The number of halogens is 6. The molecule has 1 amide bonds. The van der Waals surface area contributed by atoms with Gasteiger partial charge >= 0.3 is 24.3 Å². The number of amides is 1. The summed E-state index contributed by atoms with van der Waals surface area (Å²) in [5.41, 5.74) is 4.31. The van der Waals surface area contributed by atoms with E-state index >= 15 is 0 Å². The van der Waals surface area contributed by atoms with Gasteiger partial charge in [-0.2, -0.15) is 31.4 Å². The van der Waals surface area contributed by atoms with Crippen LogP contribution >= 0.6 is 0 Å². The molecule has 0 spiro atoms. The van der Waals surface area contributed by atoms with Crippen LogP contribution in [-0.4, -0.2) is 97.2 Å². The predicted molar refractivity (Wildman–Crippen MR) is 141 cm³/mol. The number of carbonyl (C=O) groups excluding carboxylic acids is 1. The van der Waals surface area contributed by atoms with Crippen LogP contribution in [0.5, 0.6) is 0 Å². The van der Waals surface area contributed by atoms with Gasteiger partial charge in [-0.25, -0.2) is 14.6 Å². The molecule has 2 aromatic heterocycles. The molecule has 3 N–H and O–H groups in total. The molecule has 0 saturated carbocycles. The van der Waals surface area contributed by atoms with Crippen molar-refractivity contribution in [3.8, 4) is 0 Å². The van der Waals surface area contributed by atoms with Crippen molar-refractivity contribution in [1.82, 2.24) is 24.6 Å². The van der Waals surface area contributed by atoms with E-state index in [2.05, 4.69) is 41.4 Å². The fourth-order valence-corrected chi connectivity index (χ4v) is 4.29. The van der Waals surface area contributed by atoms with Crippen LogP contribution in [0.2, 0.25) is 0 Å². The van der Waals surface area contributed by atoms with E-state index in [1.165, 1.54) is 11.1 Å². The Morgan fingerprint density at radius 3 is 1.95 bits per heavy atom. The van der Waals surface area contributed by atoms with Crippen molar-refractivity contribution in [2.45, 2.75) is 64.5 Å². The number of nitrogens with one attached hydrogen (secondary N) is 1. The summed E-state index contributed by atoms with van der Waals surface area (Å²) in [5, 5.41) is 21.9. The summed E-state index contributed by atoms with van der Waals surface area (Å²) in [6.45, 7) is 8.73. The van der Waals surface area contributed by atoms with Gasteiger partial charge in [0.05, 0.1) is 11.8 Å². The highest BCUT2D eigenvalue weighted by atomic mass is 19.4. The first-order valence-electron chi connectivity index (χ1n) is 13.3. The number of carboxylic acids is 2. The molecule has 0 radical (unpaired) electrons. The number of carboxylic acid groups (broad SMARTS) is 2. The molecule has 2 aliphatic rings. The lowest BCUT2D eigenvalue weighted by Crippen LogP contribution is -2.29. The Hall–Kier alpha value is -3.89. The summed E-state index contributed by atoms with van der Waals surface area (Å²) in [5.74, 6) is -4.64. The van der Waals surface area contributed by atoms with E-state index in [0.29, 0.717) is 0 Å². The zero-order chi connectivity index (χ0) is 32.5. The highest BCUT2D eigenvalue weighted by Gasteiger charge is 2.39. The molecule has 11 nitrogen and oxygen atoms in total. The second kappa shape index (κ2) is 15.0. The highest BCUT2D eigenvalue weighted by molar-refractivity contribution is 5.99. The van der Waals surface area contributed by atoms with Crippen LogP contribution in [0.3, 0.4) is 0 Å². The van der Waals surface area contributed by atoms with E-state index in [-0.39, 0.29) is 11.9 Å². The topological polar surface area (TPSA) is 141 Å². The molecule has 43 heavy (non-hydrogen) atoms.